The van der Waals surface area contributed by atoms with E-state index < -0.39 is 17.7 Å². The van der Waals surface area contributed by atoms with Gasteiger partial charge in [0.1, 0.15) is 11.7 Å². The summed E-state index contributed by atoms with van der Waals surface area (Å²) in [5, 5.41) is 8.25. The summed E-state index contributed by atoms with van der Waals surface area (Å²) in [6.07, 6.45) is 1.12. The monoisotopic (exact) mass is 128 g/mol. The molecule has 0 aliphatic heterocycles. The number of hydrogen-bond acceptors (Lipinski definition) is 2. The lowest BCUT2D eigenvalue weighted by molar-refractivity contribution is -0.143. The fourth-order valence-electron chi connectivity index (χ4n) is 0.441. The van der Waals surface area contributed by atoms with Crippen molar-refractivity contribution in [1.29, 1.82) is 0 Å². The number of rotatable bonds is 3. The molecule has 9 heavy (non-hydrogen) atoms. The van der Waals surface area contributed by atoms with Crippen LogP contribution < -0.4 is 0 Å². The van der Waals surface area contributed by atoms with Gasteiger partial charge in [-0.15, -0.1) is 6.58 Å². The van der Waals surface area contributed by atoms with Gasteiger partial charge in [-0.1, -0.05) is 6.08 Å². The van der Waals surface area contributed by atoms with E-state index in [0.717, 1.165) is 6.08 Å². The Morgan fingerprint density at radius 2 is 2.11 bits per heavy atom. The minimum atomic E-state index is -1.14. The highest BCUT2D eigenvalue weighted by Crippen LogP contribution is 1.97. The molecule has 1 unspecified atom stereocenters. The molecule has 0 amide bonds. The predicted molar refractivity (Wildman–Crippen MR) is 32.0 cm³/mol. The van der Waals surface area contributed by atoms with Crippen molar-refractivity contribution in [3.63, 3.8) is 0 Å². The van der Waals surface area contributed by atoms with E-state index in [1.165, 1.54) is 6.92 Å². The van der Waals surface area contributed by atoms with Crippen molar-refractivity contribution in [2.75, 3.05) is 0 Å². The van der Waals surface area contributed by atoms with Crippen molar-refractivity contribution in [2.45, 2.75) is 6.92 Å². The highest BCUT2D eigenvalue weighted by Gasteiger charge is 2.17. The average molecular weight is 128 g/mol. The predicted octanol–water partition coefficient (Wildman–Crippen LogP) is 0.462. The number of carbonyl (C=O) groups excluding carboxylic acids is 1. The van der Waals surface area contributed by atoms with Crippen LogP contribution in [0.25, 0.3) is 0 Å². The van der Waals surface area contributed by atoms with Gasteiger partial charge in [0.25, 0.3) is 0 Å². The zero-order valence-electron chi connectivity index (χ0n) is 5.13. The maximum absolute atomic E-state index is 10.4. The van der Waals surface area contributed by atoms with E-state index in [2.05, 4.69) is 6.58 Å². The van der Waals surface area contributed by atoms with Crippen molar-refractivity contribution in [3.8, 4) is 0 Å². The number of hydrogen-bond donors (Lipinski definition) is 1. The van der Waals surface area contributed by atoms with Crippen LogP contribution in [-0.4, -0.2) is 16.9 Å². The van der Waals surface area contributed by atoms with Crippen LogP contribution in [-0.2, 0) is 9.59 Å². The van der Waals surface area contributed by atoms with Crippen molar-refractivity contribution >= 4 is 11.8 Å². The maximum Gasteiger partial charge on any atom is 0.317 e. The summed E-state index contributed by atoms with van der Waals surface area (Å²) in [5.41, 5.74) is 0. The number of carboxylic acid groups (broad SMARTS) is 1. The van der Waals surface area contributed by atoms with Gasteiger partial charge in [-0.05, 0) is 6.92 Å². The first-order valence-corrected chi connectivity index (χ1v) is 2.45. The minimum Gasteiger partial charge on any atom is -0.480 e. The Labute approximate surface area is 53.0 Å². The largest absolute Gasteiger partial charge is 0.480 e. The van der Waals surface area contributed by atoms with Crippen molar-refractivity contribution in [2.24, 2.45) is 5.92 Å². The van der Waals surface area contributed by atoms with Crippen LogP contribution in [0.3, 0.4) is 0 Å². The second-order valence-corrected chi connectivity index (χ2v) is 1.66. The van der Waals surface area contributed by atoms with Crippen LogP contribution >= 0.6 is 0 Å². The Morgan fingerprint density at radius 3 is 2.11 bits per heavy atom. The quantitative estimate of drug-likeness (QED) is 0.443. The number of Topliss-reactive ketones (excluding diaryl/α,β-unsaturated/α-hetero) is 1. The fraction of sp³-hybridized carbons (Fsp3) is 0.333. The summed E-state index contributed by atoms with van der Waals surface area (Å²) in [4.78, 5) is 20.4. The van der Waals surface area contributed by atoms with Gasteiger partial charge in [0.15, 0.2) is 0 Å². The molecule has 1 N–H and O–H groups in total. The average Bonchev–Trinajstić information content (AvgIpc) is 1.64. The Balaban J connectivity index is 4.16. The van der Waals surface area contributed by atoms with Crippen molar-refractivity contribution in [3.05, 3.63) is 12.7 Å². The van der Waals surface area contributed by atoms with E-state index in [-0.39, 0.29) is 0 Å². The molecule has 0 radical (unpaired) electrons. The molecule has 0 aliphatic rings. The first kappa shape index (κ1) is 7.88. The highest BCUT2D eigenvalue weighted by atomic mass is 16.4. The summed E-state index contributed by atoms with van der Waals surface area (Å²) < 4.78 is 0. The summed E-state index contributed by atoms with van der Waals surface area (Å²) in [5.74, 6) is -2.57. The molecule has 0 saturated heterocycles. The van der Waals surface area contributed by atoms with Crippen LogP contribution in [0.15, 0.2) is 12.7 Å². The van der Waals surface area contributed by atoms with Crippen molar-refractivity contribution in [1.82, 2.24) is 0 Å². The third kappa shape index (κ3) is 2.08. The van der Waals surface area contributed by atoms with Gasteiger partial charge in [-0.25, -0.2) is 0 Å². The molecule has 0 aromatic carbocycles. The van der Waals surface area contributed by atoms with Gasteiger partial charge < -0.3 is 5.11 Å². The molecular formula is C6H8O3. The number of ketones is 1. The standard InChI is InChI=1S/C6H8O3/c1-3-5(4(2)7)6(8)9/h3,5H,1H2,2H3,(H,8,9). The van der Waals surface area contributed by atoms with E-state index in [4.69, 9.17) is 5.11 Å². The minimum absolute atomic E-state index is 0.391. The normalized spacial score (nSPS) is 12.1. The van der Waals surface area contributed by atoms with E-state index >= 15 is 0 Å². The maximum atomic E-state index is 10.4. The Kier molecular flexibility index (Phi) is 2.64. The lowest BCUT2D eigenvalue weighted by Gasteiger charge is -1.98. The molecule has 0 fully saturated rings. The van der Waals surface area contributed by atoms with Gasteiger partial charge >= 0.3 is 5.97 Å². The van der Waals surface area contributed by atoms with E-state index in [1.807, 2.05) is 0 Å². The van der Waals surface area contributed by atoms with Gasteiger partial charge in [-0.3, -0.25) is 9.59 Å². The molecular weight excluding hydrogens is 120 g/mol. The van der Waals surface area contributed by atoms with E-state index in [0.29, 0.717) is 0 Å². The summed E-state index contributed by atoms with van der Waals surface area (Å²) in [6, 6.07) is 0. The third-order valence-corrected chi connectivity index (χ3v) is 0.940. The summed E-state index contributed by atoms with van der Waals surface area (Å²) in [6.45, 7) is 4.42. The number of carbonyl (C=O) groups is 2. The van der Waals surface area contributed by atoms with Gasteiger partial charge in [0, 0.05) is 0 Å². The molecule has 0 spiro atoms. The SMILES string of the molecule is C=CC(C(C)=O)C(=O)O. The Bertz CT molecular complexity index is 134. The molecule has 3 heteroatoms. The van der Waals surface area contributed by atoms with E-state index in [9.17, 15) is 9.59 Å². The molecule has 50 valence electrons. The smallest absolute Gasteiger partial charge is 0.317 e. The molecule has 1 atom stereocenters. The number of carboxylic acids is 1. The van der Waals surface area contributed by atoms with Gasteiger partial charge in [0.05, 0.1) is 0 Å². The third-order valence-electron chi connectivity index (χ3n) is 0.940. The first-order chi connectivity index (χ1) is 4.09. The molecule has 0 aromatic heterocycles. The summed E-state index contributed by atoms with van der Waals surface area (Å²) >= 11 is 0. The van der Waals surface area contributed by atoms with E-state index in [1.54, 1.807) is 0 Å². The molecule has 0 aliphatic carbocycles. The second kappa shape index (κ2) is 3.02. The Morgan fingerprint density at radius 1 is 1.67 bits per heavy atom. The lowest BCUT2D eigenvalue weighted by atomic mass is 10.1. The Hall–Kier alpha value is -1.12. The molecule has 3 nitrogen and oxygen atoms in total. The molecule has 0 heterocycles. The first-order valence-electron chi connectivity index (χ1n) is 2.45. The van der Waals surface area contributed by atoms with Crippen molar-refractivity contribution < 1.29 is 14.7 Å². The molecule has 0 aromatic rings. The van der Waals surface area contributed by atoms with Crippen LogP contribution in [0.2, 0.25) is 0 Å². The zero-order valence-corrected chi connectivity index (χ0v) is 5.13. The molecule has 0 bridgehead atoms. The lowest BCUT2D eigenvalue weighted by Crippen LogP contribution is -2.18. The summed E-state index contributed by atoms with van der Waals surface area (Å²) in [7, 11) is 0. The van der Waals surface area contributed by atoms with Crippen LogP contribution in [0.4, 0.5) is 0 Å². The highest BCUT2D eigenvalue weighted by molar-refractivity contribution is 5.98. The van der Waals surface area contributed by atoms with Crippen LogP contribution in [0.1, 0.15) is 6.92 Å². The molecule has 0 rings (SSSR count). The zero-order chi connectivity index (χ0) is 7.44. The molecule has 0 saturated carbocycles. The number of aliphatic carboxylic acids is 1. The second-order valence-electron chi connectivity index (χ2n) is 1.66. The van der Waals surface area contributed by atoms with Gasteiger partial charge in [-0.2, -0.15) is 0 Å². The fourth-order valence-corrected chi connectivity index (χ4v) is 0.441. The van der Waals surface area contributed by atoms with Crippen LogP contribution in [0.5, 0.6) is 0 Å². The topological polar surface area (TPSA) is 54.4 Å². The van der Waals surface area contributed by atoms with Gasteiger partial charge in [0.2, 0.25) is 0 Å². The van der Waals surface area contributed by atoms with Crippen LogP contribution in [0, 0.1) is 5.92 Å².